The van der Waals surface area contributed by atoms with Gasteiger partial charge in [-0.3, -0.25) is 4.57 Å². The molecule has 0 aromatic heterocycles. The molecular weight excluding hydrogens is 259 g/mol. The zero-order valence-corrected chi connectivity index (χ0v) is 13.3. The van der Waals surface area contributed by atoms with Crippen LogP contribution in [0.5, 0.6) is 0 Å². The molecule has 1 aromatic rings. The summed E-state index contributed by atoms with van der Waals surface area (Å²) in [6.45, 7) is 8.83. The third-order valence-corrected chi connectivity index (χ3v) is 5.25. The molecule has 0 aliphatic carbocycles. The van der Waals surface area contributed by atoms with Gasteiger partial charge in [0, 0.05) is 0 Å². The van der Waals surface area contributed by atoms with E-state index in [0.29, 0.717) is 25.3 Å². The lowest BCUT2D eigenvalue weighted by molar-refractivity contribution is 0.219. The fourth-order valence-corrected chi connectivity index (χ4v) is 3.86. The third kappa shape index (κ3) is 4.76. The van der Waals surface area contributed by atoms with Crippen molar-refractivity contribution in [2.45, 2.75) is 46.2 Å². The standard InChI is InChI=1S/C15H25O3P/c1-5-13(4)15-11-9-8-10-14(15)12-19(16,17-6-2)18-7-3/h8-11,13H,5-7,12H2,1-4H3. The maximum atomic E-state index is 12.6. The van der Waals surface area contributed by atoms with Crippen molar-refractivity contribution in [3.05, 3.63) is 35.4 Å². The van der Waals surface area contributed by atoms with Gasteiger partial charge < -0.3 is 9.05 Å². The van der Waals surface area contributed by atoms with Crippen molar-refractivity contribution in [2.75, 3.05) is 13.2 Å². The Morgan fingerprint density at radius 3 is 2.21 bits per heavy atom. The molecule has 19 heavy (non-hydrogen) atoms. The van der Waals surface area contributed by atoms with Crippen molar-refractivity contribution in [3.63, 3.8) is 0 Å². The molecule has 1 atom stereocenters. The van der Waals surface area contributed by atoms with E-state index in [1.165, 1.54) is 5.56 Å². The average Bonchev–Trinajstić information content (AvgIpc) is 2.39. The fraction of sp³-hybridized carbons (Fsp3) is 0.600. The zero-order chi connectivity index (χ0) is 14.3. The van der Waals surface area contributed by atoms with Crippen LogP contribution >= 0.6 is 7.60 Å². The quantitative estimate of drug-likeness (QED) is 0.632. The van der Waals surface area contributed by atoms with Crippen LogP contribution in [0.2, 0.25) is 0 Å². The van der Waals surface area contributed by atoms with Crippen molar-refractivity contribution in [1.29, 1.82) is 0 Å². The van der Waals surface area contributed by atoms with E-state index in [2.05, 4.69) is 19.9 Å². The van der Waals surface area contributed by atoms with E-state index in [4.69, 9.17) is 9.05 Å². The van der Waals surface area contributed by atoms with Gasteiger partial charge in [-0.25, -0.2) is 0 Å². The van der Waals surface area contributed by atoms with Gasteiger partial charge >= 0.3 is 7.60 Å². The molecule has 1 unspecified atom stereocenters. The first-order valence-electron chi connectivity index (χ1n) is 7.02. The number of rotatable bonds is 8. The normalized spacial score (nSPS) is 13.5. The summed E-state index contributed by atoms with van der Waals surface area (Å²) in [5, 5.41) is 0. The van der Waals surface area contributed by atoms with Crippen LogP contribution in [0.1, 0.15) is 51.2 Å². The minimum Gasteiger partial charge on any atom is -0.309 e. The fourth-order valence-electron chi connectivity index (χ4n) is 2.11. The van der Waals surface area contributed by atoms with Crippen LogP contribution < -0.4 is 0 Å². The molecule has 0 amide bonds. The molecule has 0 aliphatic rings. The minimum absolute atomic E-state index is 0.356. The maximum absolute atomic E-state index is 12.6. The van der Waals surface area contributed by atoms with Gasteiger partial charge in [-0.2, -0.15) is 0 Å². The molecular formula is C15H25O3P. The van der Waals surface area contributed by atoms with Crippen molar-refractivity contribution in [1.82, 2.24) is 0 Å². The predicted octanol–water partition coefficient (Wildman–Crippen LogP) is 4.97. The van der Waals surface area contributed by atoms with Gasteiger partial charge in [0.05, 0.1) is 19.4 Å². The summed E-state index contributed by atoms with van der Waals surface area (Å²) >= 11 is 0. The lowest BCUT2D eigenvalue weighted by Gasteiger charge is -2.20. The van der Waals surface area contributed by atoms with Crippen molar-refractivity contribution >= 4 is 7.60 Å². The van der Waals surface area contributed by atoms with Crippen LogP contribution in [-0.4, -0.2) is 13.2 Å². The van der Waals surface area contributed by atoms with E-state index in [-0.39, 0.29) is 0 Å². The van der Waals surface area contributed by atoms with Crippen LogP contribution in [0.4, 0.5) is 0 Å². The van der Waals surface area contributed by atoms with Gasteiger partial charge in [-0.15, -0.1) is 0 Å². The Kier molecular flexibility index (Phi) is 6.78. The van der Waals surface area contributed by atoms with Crippen LogP contribution in [0.25, 0.3) is 0 Å². The number of hydrogen-bond acceptors (Lipinski definition) is 3. The van der Waals surface area contributed by atoms with E-state index < -0.39 is 7.60 Å². The first-order chi connectivity index (χ1) is 9.06. The summed E-state index contributed by atoms with van der Waals surface area (Å²) in [6.07, 6.45) is 1.42. The lowest BCUT2D eigenvalue weighted by Crippen LogP contribution is -2.03. The molecule has 108 valence electrons. The third-order valence-electron chi connectivity index (χ3n) is 3.21. The summed E-state index contributed by atoms with van der Waals surface area (Å²) < 4.78 is 23.4. The van der Waals surface area contributed by atoms with Crippen LogP contribution in [0, 0.1) is 0 Å². The highest BCUT2D eigenvalue weighted by Crippen LogP contribution is 2.52. The van der Waals surface area contributed by atoms with Gasteiger partial charge in [0.25, 0.3) is 0 Å². The first kappa shape index (κ1) is 16.4. The van der Waals surface area contributed by atoms with Crippen LogP contribution in [0.15, 0.2) is 24.3 Å². The largest absolute Gasteiger partial charge is 0.335 e. The van der Waals surface area contributed by atoms with Crippen LogP contribution in [-0.2, 0) is 19.8 Å². The smallest absolute Gasteiger partial charge is 0.309 e. The Balaban J connectivity index is 2.99. The van der Waals surface area contributed by atoms with E-state index in [1.807, 2.05) is 32.0 Å². The minimum atomic E-state index is -3.02. The molecule has 0 radical (unpaired) electrons. The highest BCUT2D eigenvalue weighted by atomic mass is 31.2. The highest BCUT2D eigenvalue weighted by Gasteiger charge is 2.25. The lowest BCUT2D eigenvalue weighted by atomic mass is 9.94. The molecule has 0 saturated heterocycles. The number of benzene rings is 1. The first-order valence-corrected chi connectivity index (χ1v) is 8.75. The predicted molar refractivity (Wildman–Crippen MR) is 79.7 cm³/mol. The molecule has 1 rings (SSSR count). The SMILES string of the molecule is CCOP(=O)(Cc1ccccc1C(C)CC)OCC. The second kappa shape index (κ2) is 7.84. The molecule has 0 spiro atoms. The van der Waals surface area contributed by atoms with Gasteiger partial charge in [-0.05, 0) is 37.3 Å². The molecule has 0 N–H and O–H groups in total. The van der Waals surface area contributed by atoms with E-state index in [9.17, 15) is 4.57 Å². The Morgan fingerprint density at radius 2 is 1.68 bits per heavy atom. The molecule has 0 fully saturated rings. The van der Waals surface area contributed by atoms with Gasteiger partial charge in [0.15, 0.2) is 0 Å². The van der Waals surface area contributed by atoms with Crippen molar-refractivity contribution in [2.24, 2.45) is 0 Å². The summed E-state index contributed by atoms with van der Waals surface area (Å²) in [6, 6.07) is 8.12. The second-order valence-corrected chi connectivity index (χ2v) is 6.67. The summed E-state index contributed by atoms with van der Waals surface area (Å²) in [5.41, 5.74) is 2.31. The van der Waals surface area contributed by atoms with Crippen molar-refractivity contribution in [3.8, 4) is 0 Å². The van der Waals surface area contributed by atoms with Gasteiger partial charge in [0.2, 0.25) is 0 Å². The number of hydrogen-bond donors (Lipinski definition) is 0. The van der Waals surface area contributed by atoms with Crippen LogP contribution in [0.3, 0.4) is 0 Å². The van der Waals surface area contributed by atoms with Gasteiger partial charge in [-0.1, -0.05) is 38.1 Å². The maximum Gasteiger partial charge on any atom is 0.335 e. The van der Waals surface area contributed by atoms with Crippen molar-refractivity contribution < 1.29 is 13.6 Å². The monoisotopic (exact) mass is 284 g/mol. The second-order valence-electron chi connectivity index (χ2n) is 4.61. The summed E-state index contributed by atoms with van der Waals surface area (Å²) in [4.78, 5) is 0. The molecule has 3 nitrogen and oxygen atoms in total. The van der Waals surface area contributed by atoms with E-state index >= 15 is 0 Å². The molecule has 0 saturated carbocycles. The molecule has 0 bridgehead atoms. The topological polar surface area (TPSA) is 35.5 Å². The molecule has 0 heterocycles. The average molecular weight is 284 g/mol. The van der Waals surface area contributed by atoms with E-state index in [0.717, 1.165) is 12.0 Å². The Hall–Kier alpha value is -0.630. The zero-order valence-electron chi connectivity index (χ0n) is 12.4. The highest BCUT2D eigenvalue weighted by molar-refractivity contribution is 7.53. The Labute approximate surface area is 116 Å². The molecule has 4 heteroatoms. The Morgan fingerprint density at radius 1 is 1.11 bits per heavy atom. The molecule has 1 aromatic carbocycles. The van der Waals surface area contributed by atoms with Gasteiger partial charge in [0.1, 0.15) is 0 Å². The summed E-state index contributed by atoms with van der Waals surface area (Å²) in [7, 11) is -3.02. The summed E-state index contributed by atoms with van der Waals surface area (Å²) in [5.74, 6) is 0.452. The Bertz CT molecular complexity index is 421. The molecule has 0 aliphatic heterocycles. The van der Waals surface area contributed by atoms with E-state index in [1.54, 1.807) is 0 Å².